The number of ketones is 1. The van der Waals surface area contributed by atoms with Crippen LogP contribution in [-0.2, 0) is 4.79 Å². The topological polar surface area (TPSA) is 60.7 Å². The average molecular weight is 321 g/mol. The lowest BCUT2D eigenvalue weighted by Gasteiger charge is -2.18. The zero-order valence-corrected chi connectivity index (χ0v) is 11.9. The van der Waals surface area contributed by atoms with Crippen molar-refractivity contribution in [3.05, 3.63) is 28.7 Å². The second-order valence-corrected chi connectivity index (χ2v) is 5.58. The Balaban J connectivity index is 1.86. The Labute approximate surface area is 119 Å². The fraction of sp³-hybridized carbons (Fsp3) is 0.385. The van der Waals surface area contributed by atoms with Gasteiger partial charge in [0.15, 0.2) is 5.78 Å². The highest BCUT2D eigenvalue weighted by molar-refractivity contribution is 9.10. The summed E-state index contributed by atoms with van der Waals surface area (Å²) < 4.78 is 1.01. The van der Waals surface area contributed by atoms with E-state index in [1.165, 1.54) is 4.80 Å². The number of rotatable bonds is 2. The largest absolute Gasteiger partial charge is 0.297 e. The van der Waals surface area contributed by atoms with Gasteiger partial charge in [0.1, 0.15) is 6.04 Å². The maximum Gasteiger partial charge on any atom is 0.204 e. The summed E-state index contributed by atoms with van der Waals surface area (Å²) in [6.07, 6.45) is 3.46. The third kappa shape index (κ3) is 2.58. The van der Waals surface area contributed by atoms with Crippen molar-refractivity contribution in [1.29, 1.82) is 0 Å². The predicted molar refractivity (Wildman–Crippen MR) is 73.5 cm³/mol. The number of carbonyl (C=O) groups is 1. The number of halogens is 1. The molecule has 0 aliphatic heterocycles. The van der Waals surface area contributed by atoms with Crippen molar-refractivity contribution in [2.24, 2.45) is 0 Å². The summed E-state index contributed by atoms with van der Waals surface area (Å²) in [6.45, 7) is 0. The van der Waals surface area contributed by atoms with Crippen LogP contribution in [0.2, 0.25) is 0 Å². The quantitative estimate of drug-likeness (QED) is 0.853. The zero-order chi connectivity index (χ0) is 13.2. The Morgan fingerprint density at radius 3 is 2.74 bits per heavy atom. The Hall–Kier alpha value is -1.56. The standard InChI is InChI=1S/C13H13BrN4O/c14-10-7-5-9(6-8-10)13-15-17-18(16-13)11-3-1-2-4-12(11)19/h5-8,11H,1-4H2/t11-/m0/s1. The molecule has 19 heavy (non-hydrogen) atoms. The molecule has 1 aromatic heterocycles. The summed E-state index contributed by atoms with van der Waals surface area (Å²) in [5, 5.41) is 12.4. The Morgan fingerprint density at radius 2 is 2.00 bits per heavy atom. The molecule has 6 heteroatoms. The fourth-order valence-electron chi connectivity index (χ4n) is 2.28. The van der Waals surface area contributed by atoms with E-state index in [1.807, 2.05) is 24.3 Å². The van der Waals surface area contributed by atoms with E-state index < -0.39 is 0 Å². The second kappa shape index (κ2) is 5.21. The highest BCUT2D eigenvalue weighted by atomic mass is 79.9. The summed E-state index contributed by atoms with van der Waals surface area (Å²) in [5.41, 5.74) is 0.901. The zero-order valence-electron chi connectivity index (χ0n) is 10.3. The first kappa shape index (κ1) is 12.5. The van der Waals surface area contributed by atoms with E-state index in [4.69, 9.17) is 0 Å². The molecular formula is C13H13BrN4O. The van der Waals surface area contributed by atoms with Gasteiger partial charge in [-0.3, -0.25) is 4.79 Å². The van der Waals surface area contributed by atoms with Crippen molar-refractivity contribution in [3.63, 3.8) is 0 Å². The molecule has 0 saturated heterocycles. The third-order valence-electron chi connectivity index (χ3n) is 3.33. The van der Waals surface area contributed by atoms with E-state index in [2.05, 4.69) is 31.3 Å². The van der Waals surface area contributed by atoms with E-state index in [-0.39, 0.29) is 11.8 Å². The molecule has 0 N–H and O–H groups in total. The summed E-state index contributed by atoms with van der Waals surface area (Å²) in [7, 11) is 0. The Morgan fingerprint density at radius 1 is 1.21 bits per heavy atom. The molecule has 1 atom stereocenters. The van der Waals surface area contributed by atoms with E-state index in [9.17, 15) is 4.79 Å². The normalized spacial score (nSPS) is 19.6. The molecule has 5 nitrogen and oxygen atoms in total. The van der Waals surface area contributed by atoms with Crippen molar-refractivity contribution in [1.82, 2.24) is 20.2 Å². The highest BCUT2D eigenvalue weighted by Gasteiger charge is 2.26. The molecule has 1 heterocycles. The lowest BCUT2D eigenvalue weighted by atomic mass is 9.95. The smallest absolute Gasteiger partial charge is 0.204 e. The average Bonchev–Trinajstić information content (AvgIpc) is 2.89. The molecule has 1 aromatic carbocycles. The van der Waals surface area contributed by atoms with Crippen LogP contribution in [0, 0.1) is 0 Å². The van der Waals surface area contributed by atoms with Gasteiger partial charge < -0.3 is 0 Å². The number of Topliss-reactive ketones (excluding diaryl/α,β-unsaturated/α-hetero) is 1. The van der Waals surface area contributed by atoms with Gasteiger partial charge in [0.2, 0.25) is 5.82 Å². The minimum absolute atomic E-state index is 0.214. The lowest BCUT2D eigenvalue weighted by Crippen LogP contribution is -2.25. The van der Waals surface area contributed by atoms with Gasteiger partial charge in [0.25, 0.3) is 0 Å². The van der Waals surface area contributed by atoms with Gasteiger partial charge >= 0.3 is 0 Å². The summed E-state index contributed by atoms with van der Waals surface area (Å²) >= 11 is 3.39. The van der Waals surface area contributed by atoms with Gasteiger partial charge in [-0.15, -0.1) is 10.2 Å². The maximum atomic E-state index is 11.9. The van der Waals surface area contributed by atoms with E-state index in [1.54, 1.807) is 0 Å². The van der Waals surface area contributed by atoms with Crippen LogP contribution in [0.1, 0.15) is 31.7 Å². The molecule has 0 spiro atoms. The molecule has 3 rings (SSSR count). The van der Waals surface area contributed by atoms with E-state index in [0.29, 0.717) is 12.2 Å². The van der Waals surface area contributed by atoms with Crippen LogP contribution in [0.25, 0.3) is 11.4 Å². The number of aromatic nitrogens is 4. The number of benzene rings is 1. The molecule has 1 aliphatic rings. The van der Waals surface area contributed by atoms with Crippen molar-refractivity contribution < 1.29 is 4.79 Å². The summed E-state index contributed by atoms with van der Waals surface area (Å²) in [5.74, 6) is 0.775. The first-order chi connectivity index (χ1) is 9.24. The number of hydrogen-bond acceptors (Lipinski definition) is 4. The number of carbonyl (C=O) groups excluding carboxylic acids is 1. The monoisotopic (exact) mass is 320 g/mol. The molecule has 0 unspecified atom stereocenters. The van der Waals surface area contributed by atoms with Crippen LogP contribution in [0.4, 0.5) is 0 Å². The van der Waals surface area contributed by atoms with E-state index >= 15 is 0 Å². The molecule has 1 fully saturated rings. The SMILES string of the molecule is O=C1CCCC[C@@H]1n1nnc(-c2ccc(Br)cc2)n1. The number of tetrazole rings is 1. The van der Waals surface area contributed by atoms with Crippen molar-refractivity contribution in [3.8, 4) is 11.4 Å². The highest BCUT2D eigenvalue weighted by Crippen LogP contribution is 2.24. The third-order valence-corrected chi connectivity index (χ3v) is 3.86. The molecule has 1 saturated carbocycles. The molecule has 0 bridgehead atoms. The maximum absolute atomic E-state index is 11.9. The molecule has 0 radical (unpaired) electrons. The number of nitrogens with zero attached hydrogens (tertiary/aromatic N) is 4. The Kier molecular flexibility index (Phi) is 3.42. The second-order valence-electron chi connectivity index (χ2n) is 4.67. The van der Waals surface area contributed by atoms with Crippen molar-refractivity contribution in [2.45, 2.75) is 31.7 Å². The Bertz CT molecular complexity index is 593. The van der Waals surface area contributed by atoms with Crippen LogP contribution in [0.5, 0.6) is 0 Å². The fourth-order valence-corrected chi connectivity index (χ4v) is 2.54. The molecule has 0 amide bonds. The first-order valence-electron chi connectivity index (χ1n) is 6.32. The van der Waals surface area contributed by atoms with E-state index in [0.717, 1.165) is 29.3 Å². The van der Waals surface area contributed by atoms with Crippen LogP contribution < -0.4 is 0 Å². The minimum Gasteiger partial charge on any atom is -0.297 e. The lowest BCUT2D eigenvalue weighted by molar-refractivity contribution is -0.124. The van der Waals surface area contributed by atoms with Crippen LogP contribution in [0.15, 0.2) is 28.7 Å². The minimum atomic E-state index is -0.231. The summed E-state index contributed by atoms with van der Waals surface area (Å²) in [6, 6.07) is 7.48. The van der Waals surface area contributed by atoms with Crippen LogP contribution in [0.3, 0.4) is 0 Å². The molecule has 98 valence electrons. The van der Waals surface area contributed by atoms with Crippen LogP contribution in [-0.4, -0.2) is 26.0 Å². The van der Waals surface area contributed by atoms with Crippen molar-refractivity contribution >= 4 is 21.7 Å². The molecule has 1 aliphatic carbocycles. The summed E-state index contributed by atoms with van der Waals surface area (Å²) in [4.78, 5) is 13.3. The van der Waals surface area contributed by atoms with Gasteiger partial charge in [-0.25, -0.2) is 0 Å². The van der Waals surface area contributed by atoms with Crippen LogP contribution >= 0.6 is 15.9 Å². The van der Waals surface area contributed by atoms with Gasteiger partial charge in [-0.2, -0.15) is 4.80 Å². The van der Waals surface area contributed by atoms with Gasteiger partial charge in [-0.1, -0.05) is 22.4 Å². The first-order valence-corrected chi connectivity index (χ1v) is 7.11. The molecule has 2 aromatic rings. The van der Waals surface area contributed by atoms with Gasteiger partial charge in [0, 0.05) is 16.5 Å². The number of hydrogen-bond donors (Lipinski definition) is 0. The molecular weight excluding hydrogens is 308 g/mol. The van der Waals surface area contributed by atoms with Crippen molar-refractivity contribution in [2.75, 3.05) is 0 Å². The predicted octanol–water partition coefficient (Wildman–Crippen LogP) is 2.79. The van der Waals surface area contributed by atoms with Gasteiger partial charge in [-0.05, 0) is 42.3 Å². The van der Waals surface area contributed by atoms with Gasteiger partial charge in [0.05, 0.1) is 0 Å².